The van der Waals surface area contributed by atoms with E-state index in [1.165, 1.54) is 4.88 Å². The van der Waals surface area contributed by atoms with Gasteiger partial charge in [0.15, 0.2) is 5.96 Å². The number of ether oxygens (including phenoxy) is 1. The number of aromatic nitrogens is 1. The summed E-state index contributed by atoms with van der Waals surface area (Å²) in [4.78, 5) is 10.4. The summed E-state index contributed by atoms with van der Waals surface area (Å²) in [5.74, 6) is 1.71. The molecule has 0 bridgehead atoms. The molecule has 1 atom stereocenters. The molecule has 0 fully saturated rings. The Hall–Kier alpha value is -2.08. The number of nitrogens with zero attached hydrogens (tertiary/aromatic N) is 2. The van der Waals surface area contributed by atoms with Crippen molar-refractivity contribution in [3.05, 3.63) is 45.4 Å². The van der Waals surface area contributed by atoms with E-state index in [4.69, 9.17) is 4.74 Å². The summed E-state index contributed by atoms with van der Waals surface area (Å²) in [6.45, 7) is 12.4. The molecule has 0 aliphatic heterocycles. The highest BCUT2D eigenvalue weighted by atomic mass is 32.1. The molecule has 2 N–H and O–H groups in total. The quantitative estimate of drug-likeness (QED) is 0.585. The van der Waals surface area contributed by atoms with Gasteiger partial charge in [0.25, 0.3) is 0 Å². The lowest BCUT2D eigenvalue weighted by molar-refractivity contribution is 0.222. The van der Waals surface area contributed by atoms with Crippen molar-refractivity contribution in [2.75, 3.05) is 13.1 Å². The van der Waals surface area contributed by atoms with Crippen LogP contribution in [-0.4, -0.2) is 30.1 Å². The number of guanidine groups is 1. The van der Waals surface area contributed by atoms with Gasteiger partial charge in [-0.2, -0.15) is 0 Å². The summed E-state index contributed by atoms with van der Waals surface area (Å²) in [5.41, 5.74) is 2.23. The second-order valence-electron chi connectivity index (χ2n) is 6.02. The molecule has 1 aromatic heterocycles. The molecule has 1 aromatic carbocycles. The van der Waals surface area contributed by atoms with E-state index in [9.17, 15) is 0 Å². The molecular formula is C19H28N4OS. The Balaban J connectivity index is 1.89. The lowest BCUT2D eigenvalue weighted by Crippen LogP contribution is -2.41. The van der Waals surface area contributed by atoms with Gasteiger partial charge < -0.3 is 15.4 Å². The van der Waals surface area contributed by atoms with E-state index in [1.807, 2.05) is 25.1 Å². The van der Waals surface area contributed by atoms with E-state index in [0.29, 0.717) is 13.1 Å². The molecule has 0 radical (unpaired) electrons. The zero-order valence-electron chi connectivity index (χ0n) is 15.7. The predicted molar refractivity (Wildman–Crippen MR) is 106 cm³/mol. The third kappa shape index (κ3) is 6.05. The summed E-state index contributed by atoms with van der Waals surface area (Å²) in [6.07, 6.45) is 0.0364. The number of rotatable bonds is 7. The van der Waals surface area contributed by atoms with Gasteiger partial charge in [0.05, 0.1) is 18.8 Å². The molecule has 0 amide bonds. The smallest absolute Gasteiger partial charge is 0.191 e. The van der Waals surface area contributed by atoms with Crippen LogP contribution < -0.4 is 15.4 Å². The van der Waals surface area contributed by atoms with Crippen LogP contribution in [0.1, 0.15) is 35.0 Å². The number of para-hydroxylation sites is 1. The van der Waals surface area contributed by atoms with E-state index in [1.54, 1.807) is 11.3 Å². The van der Waals surface area contributed by atoms with E-state index in [2.05, 4.69) is 54.4 Å². The molecule has 25 heavy (non-hydrogen) atoms. The number of aryl methyl sites for hydroxylation is 3. The van der Waals surface area contributed by atoms with Crippen LogP contribution in [0, 0.1) is 20.8 Å². The summed E-state index contributed by atoms with van der Waals surface area (Å²) < 4.78 is 6.00. The molecule has 6 heteroatoms. The van der Waals surface area contributed by atoms with E-state index >= 15 is 0 Å². The number of hydrogen-bond acceptors (Lipinski definition) is 4. The van der Waals surface area contributed by atoms with Crippen LogP contribution in [0.5, 0.6) is 5.75 Å². The van der Waals surface area contributed by atoms with Crippen molar-refractivity contribution < 1.29 is 4.74 Å². The largest absolute Gasteiger partial charge is 0.489 e. The number of thiazole rings is 1. The van der Waals surface area contributed by atoms with Gasteiger partial charge >= 0.3 is 0 Å². The fraction of sp³-hybridized carbons (Fsp3) is 0.474. The summed E-state index contributed by atoms with van der Waals surface area (Å²) in [7, 11) is 0. The number of benzene rings is 1. The molecule has 1 heterocycles. The Bertz CT molecular complexity index is 692. The average Bonchev–Trinajstić information content (AvgIpc) is 2.90. The average molecular weight is 361 g/mol. The molecule has 0 aliphatic rings. The minimum Gasteiger partial charge on any atom is -0.489 e. The Labute approximate surface area is 154 Å². The Morgan fingerprint density at radius 3 is 2.64 bits per heavy atom. The molecule has 0 spiro atoms. The van der Waals surface area contributed by atoms with Crippen LogP contribution in [0.3, 0.4) is 0 Å². The van der Waals surface area contributed by atoms with E-state index < -0.39 is 0 Å². The van der Waals surface area contributed by atoms with Gasteiger partial charge in [-0.3, -0.25) is 0 Å². The van der Waals surface area contributed by atoms with Crippen LogP contribution in [-0.2, 0) is 6.54 Å². The zero-order chi connectivity index (χ0) is 18.2. The predicted octanol–water partition coefficient (Wildman–Crippen LogP) is 3.59. The third-order valence-corrected chi connectivity index (χ3v) is 4.83. The van der Waals surface area contributed by atoms with Crippen LogP contribution in [0.4, 0.5) is 0 Å². The zero-order valence-corrected chi connectivity index (χ0v) is 16.5. The lowest BCUT2D eigenvalue weighted by Gasteiger charge is -2.18. The molecule has 2 rings (SSSR count). The standard InChI is InChI=1S/C19H28N4OS/c1-6-20-19(22-12-18-23-15(4)16(5)25-18)21-11-14(3)24-17-10-8-7-9-13(17)2/h7-10,14H,6,11-12H2,1-5H3,(H2,20,21,22). The second kappa shape index (κ2) is 9.42. The summed E-state index contributed by atoms with van der Waals surface area (Å²) in [6, 6.07) is 8.06. The number of hydrogen-bond donors (Lipinski definition) is 2. The van der Waals surface area contributed by atoms with Gasteiger partial charge in [-0.1, -0.05) is 18.2 Å². The fourth-order valence-corrected chi connectivity index (χ4v) is 3.14. The molecule has 2 aromatic rings. The van der Waals surface area contributed by atoms with Crippen LogP contribution in [0.25, 0.3) is 0 Å². The Kier molecular flexibility index (Phi) is 7.25. The number of aliphatic imine (C=N–C) groups is 1. The van der Waals surface area contributed by atoms with E-state index in [0.717, 1.165) is 34.5 Å². The highest BCUT2D eigenvalue weighted by molar-refractivity contribution is 7.11. The molecule has 0 saturated heterocycles. The van der Waals surface area contributed by atoms with Crippen molar-refractivity contribution in [2.24, 2.45) is 4.99 Å². The molecular weight excluding hydrogens is 332 g/mol. The first-order valence-corrected chi connectivity index (χ1v) is 9.48. The highest BCUT2D eigenvalue weighted by Gasteiger charge is 2.08. The maximum atomic E-state index is 6.00. The van der Waals surface area contributed by atoms with Gasteiger partial charge in [0.1, 0.15) is 16.9 Å². The second-order valence-corrected chi connectivity index (χ2v) is 7.31. The van der Waals surface area contributed by atoms with Crippen LogP contribution in [0.2, 0.25) is 0 Å². The molecule has 0 aliphatic carbocycles. The minimum atomic E-state index is 0.0364. The van der Waals surface area contributed by atoms with E-state index in [-0.39, 0.29) is 6.10 Å². The SMILES string of the molecule is CCNC(=NCc1nc(C)c(C)s1)NCC(C)Oc1ccccc1C. The van der Waals surface area contributed by atoms with Crippen molar-refractivity contribution >= 4 is 17.3 Å². The molecule has 136 valence electrons. The van der Waals surface area contributed by atoms with Crippen LogP contribution in [0.15, 0.2) is 29.3 Å². The summed E-state index contributed by atoms with van der Waals surface area (Å²) in [5, 5.41) is 7.65. The maximum absolute atomic E-state index is 6.00. The Morgan fingerprint density at radius 2 is 2.00 bits per heavy atom. The van der Waals surface area contributed by atoms with Crippen molar-refractivity contribution in [3.63, 3.8) is 0 Å². The lowest BCUT2D eigenvalue weighted by atomic mass is 10.2. The van der Waals surface area contributed by atoms with Crippen molar-refractivity contribution in [3.8, 4) is 5.75 Å². The van der Waals surface area contributed by atoms with Gasteiger partial charge in [0, 0.05) is 11.4 Å². The highest BCUT2D eigenvalue weighted by Crippen LogP contribution is 2.18. The first kappa shape index (κ1) is 19.2. The minimum absolute atomic E-state index is 0.0364. The van der Waals surface area contributed by atoms with Gasteiger partial charge in [-0.05, 0) is 46.2 Å². The first-order valence-electron chi connectivity index (χ1n) is 8.67. The number of nitrogens with one attached hydrogen (secondary N) is 2. The third-order valence-electron chi connectivity index (χ3n) is 3.77. The van der Waals surface area contributed by atoms with Crippen molar-refractivity contribution in [1.82, 2.24) is 15.6 Å². The molecule has 1 unspecified atom stereocenters. The van der Waals surface area contributed by atoms with Gasteiger partial charge in [0.2, 0.25) is 0 Å². The van der Waals surface area contributed by atoms with Gasteiger partial charge in [-0.15, -0.1) is 11.3 Å². The topological polar surface area (TPSA) is 58.5 Å². The normalized spacial score (nSPS) is 12.8. The van der Waals surface area contributed by atoms with Crippen molar-refractivity contribution in [2.45, 2.75) is 47.3 Å². The Morgan fingerprint density at radius 1 is 1.24 bits per heavy atom. The first-order chi connectivity index (χ1) is 12.0. The van der Waals surface area contributed by atoms with Gasteiger partial charge in [-0.25, -0.2) is 9.98 Å². The monoisotopic (exact) mass is 360 g/mol. The molecule has 0 saturated carbocycles. The molecule has 5 nitrogen and oxygen atoms in total. The maximum Gasteiger partial charge on any atom is 0.191 e. The van der Waals surface area contributed by atoms with Crippen LogP contribution >= 0.6 is 11.3 Å². The summed E-state index contributed by atoms with van der Waals surface area (Å²) >= 11 is 1.70. The van der Waals surface area contributed by atoms with Crippen molar-refractivity contribution in [1.29, 1.82) is 0 Å². The fourth-order valence-electron chi connectivity index (χ4n) is 2.28.